The number of aliphatic carboxylic acids is 1. The van der Waals surface area contributed by atoms with Crippen LogP contribution in [0.5, 0.6) is 5.75 Å². The number of amides is 1. The van der Waals surface area contributed by atoms with Crippen molar-refractivity contribution in [1.29, 1.82) is 0 Å². The lowest BCUT2D eigenvalue weighted by Crippen LogP contribution is -2.14. The molecule has 1 aromatic carbocycles. The Hall–Kier alpha value is -2.90. The number of carboxylic acids is 1. The first-order valence-corrected chi connectivity index (χ1v) is 6.24. The molecule has 0 saturated carbocycles. The zero-order valence-corrected chi connectivity index (χ0v) is 11.3. The number of rotatable bonds is 6. The first-order chi connectivity index (χ1) is 10.1. The van der Waals surface area contributed by atoms with E-state index in [1.165, 1.54) is 6.20 Å². The van der Waals surface area contributed by atoms with Crippen molar-refractivity contribution in [1.82, 2.24) is 15.0 Å². The Morgan fingerprint density at radius 1 is 1.33 bits per heavy atom. The number of nitrogens with zero attached hydrogens (tertiary/aromatic N) is 3. The smallest absolute Gasteiger partial charge is 0.327 e. The Labute approximate surface area is 120 Å². The topological polar surface area (TPSA) is 106 Å². The van der Waals surface area contributed by atoms with Crippen molar-refractivity contribution >= 4 is 17.7 Å². The molecule has 0 radical (unpaired) electrons. The average Bonchev–Trinajstić information content (AvgIpc) is 2.86. The van der Waals surface area contributed by atoms with E-state index in [2.05, 4.69) is 15.5 Å². The van der Waals surface area contributed by atoms with Crippen molar-refractivity contribution in [2.75, 3.05) is 11.9 Å². The third-order valence-electron chi connectivity index (χ3n) is 2.48. The lowest BCUT2D eigenvalue weighted by molar-refractivity contribution is -0.138. The van der Waals surface area contributed by atoms with Crippen LogP contribution in [-0.4, -0.2) is 38.6 Å². The summed E-state index contributed by atoms with van der Waals surface area (Å²) in [6.07, 6.45) is 1.29. The summed E-state index contributed by atoms with van der Waals surface area (Å²) in [5, 5.41) is 18.7. The van der Waals surface area contributed by atoms with Crippen molar-refractivity contribution in [2.24, 2.45) is 0 Å². The highest BCUT2D eigenvalue weighted by atomic mass is 16.5. The monoisotopic (exact) mass is 290 g/mol. The molecule has 0 spiro atoms. The Kier molecular flexibility index (Phi) is 4.50. The number of carboxylic acid groups (broad SMARTS) is 1. The van der Waals surface area contributed by atoms with Crippen LogP contribution in [0.15, 0.2) is 30.5 Å². The standard InChI is InChI=1S/C13H14N4O4/c1-2-21-10-5-3-9(4-6-10)13(20)15-11-7-14-17(16-11)8-12(18)19/h3-7H,2,8H2,1H3,(H,18,19)(H,15,16,20). The Balaban J connectivity index is 2.00. The van der Waals surface area contributed by atoms with Crippen molar-refractivity contribution in [3.8, 4) is 5.75 Å². The van der Waals surface area contributed by atoms with Gasteiger partial charge in [0, 0.05) is 5.56 Å². The summed E-state index contributed by atoms with van der Waals surface area (Å²) in [6.45, 7) is 2.07. The normalized spacial score (nSPS) is 10.1. The molecule has 0 fully saturated rings. The maximum absolute atomic E-state index is 12.0. The molecule has 1 heterocycles. The molecule has 0 atom stereocenters. The van der Waals surface area contributed by atoms with Gasteiger partial charge in [-0.3, -0.25) is 9.59 Å². The number of benzene rings is 1. The number of hydrogen-bond donors (Lipinski definition) is 2. The van der Waals surface area contributed by atoms with E-state index in [1.54, 1.807) is 24.3 Å². The lowest BCUT2D eigenvalue weighted by atomic mass is 10.2. The Bertz CT molecular complexity index is 636. The summed E-state index contributed by atoms with van der Waals surface area (Å²) < 4.78 is 5.29. The fraction of sp³-hybridized carbons (Fsp3) is 0.231. The highest BCUT2D eigenvalue weighted by Crippen LogP contribution is 2.13. The van der Waals surface area contributed by atoms with Gasteiger partial charge in [-0.1, -0.05) is 0 Å². The Morgan fingerprint density at radius 3 is 2.67 bits per heavy atom. The summed E-state index contributed by atoms with van der Waals surface area (Å²) in [5.74, 6) is -0.549. The second-order valence-electron chi connectivity index (χ2n) is 4.07. The average molecular weight is 290 g/mol. The third-order valence-corrected chi connectivity index (χ3v) is 2.48. The number of nitrogens with one attached hydrogen (secondary N) is 1. The minimum Gasteiger partial charge on any atom is -0.494 e. The molecular formula is C13H14N4O4. The molecule has 1 amide bonds. The lowest BCUT2D eigenvalue weighted by Gasteiger charge is -2.04. The molecule has 8 nitrogen and oxygen atoms in total. The van der Waals surface area contributed by atoms with Crippen LogP contribution < -0.4 is 10.1 Å². The van der Waals surface area contributed by atoms with Crippen LogP contribution in [0.2, 0.25) is 0 Å². The predicted molar refractivity (Wildman–Crippen MR) is 73.2 cm³/mol. The van der Waals surface area contributed by atoms with Crippen LogP contribution in [0, 0.1) is 0 Å². The molecule has 0 aliphatic rings. The fourth-order valence-electron chi connectivity index (χ4n) is 1.61. The number of carbonyl (C=O) groups is 2. The van der Waals surface area contributed by atoms with Gasteiger partial charge in [0.1, 0.15) is 5.75 Å². The molecule has 8 heteroatoms. The van der Waals surface area contributed by atoms with Crippen LogP contribution in [0.3, 0.4) is 0 Å². The minimum atomic E-state index is -1.06. The molecular weight excluding hydrogens is 276 g/mol. The zero-order valence-electron chi connectivity index (χ0n) is 11.3. The van der Waals surface area contributed by atoms with Gasteiger partial charge < -0.3 is 15.2 Å². The number of ether oxygens (including phenoxy) is 1. The molecule has 0 aliphatic heterocycles. The fourth-order valence-corrected chi connectivity index (χ4v) is 1.61. The van der Waals surface area contributed by atoms with Gasteiger partial charge in [0.15, 0.2) is 12.4 Å². The van der Waals surface area contributed by atoms with Crippen LogP contribution >= 0.6 is 0 Å². The molecule has 0 saturated heterocycles. The van der Waals surface area contributed by atoms with E-state index in [4.69, 9.17) is 9.84 Å². The molecule has 2 rings (SSSR count). The van der Waals surface area contributed by atoms with E-state index in [-0.39, 0.29) is 18.3 Å². The minimum absolute atomic E-state index is 0.190. The third kappa shape index (κ3) is 4.03. The van der Waals surface area contributed by atoms with E-state index < -0.39 is 5.97 Å². The van der Waals surface area contributed by atoms with Crippen LogP contribution in [-0.2, 0) is 11.3 Å². The quantitative estimate of drug-likeness (QED) is 0.822. The molecule has 110 valence electrons. The molecule has 21 heavy (non-hydrogen) atoms. The summed E-state index contributed by atoms with van der Waals surface area (Å²) in [6, 6.07) is 6.64. The van der Waals surface area contributed by atoms with Crippen molar-refractivity contribution in [2.45, 2.75) is 13.5 Å². The number of carbonyl (C=O) groups excluding carboxylic acids is 1. The van der Waals surface area contributed by atoms with Gasteiger partial charge in [0.25, 0.3) is 5.91 Å². The second-order valence-corrected chi connectivity index (χ2v) is 4.07. The number of aromatic nitrogens is 3. The first-order valence-electron chi connectivity index (χ1n) is 6.24. The molecule has 0 bridgehead atoms. The number of hydrogen-bond acceptors (Lipinski definition) is 5. The second kappa shape index (κ2) is 6.51. The molecule has 2 aromatic rings. The largest absolute Gasteiger partial charge is 0.494 e. The first kappa shape index (κ1) is 14.5. The summed E-state index contributed by atoms with van der Waals surface area (Å²) in [5.41, 5.74) is 0.436. The maximum atomic E-state index is 12.0. The van der Waals surface area contributed by atoms with E-state index in [0.29, 0.717) is 17.9 Å². The van der Waals surface area contributed by atoms with Gasteiger partial charge in [0.05, 0.1) is 12.8 Å². The van der Waals surface area contributed by atoms with Crippen molar-refractivity contribution in [3.63, 3.8) is 0 Å². The van der Waals surface area contributed by atoms with Gasteiger partial charge in [-0.2, -0.15) is 9.90 Å². The van der Waals surface area contributed by atoms with Crippen molar-refractivity contribution in [3.05, 3.63) is 36.0 Å². The van der Waals surface area contributed by atoms with Crippen molar-refractivity contribution < 1.29 is 19.4 Å². The van der Waals surface area contributed by atoms with Gasteiger partial charge in [-0.25, -0.2) is 0 Å². The summed E-state index contributed by atoms with van der Waals surface area (Å²) in [4.78, 5) is 23.5. The zero-order chi connectivity index (χ0) is 15.2. The summed E-state index contributed by atoms with van der Waals surface area (Å²) >= 11 is 0. The predicted octanol–water partition coefficient (Wildman–Crippen LogP) is 1.01. The van der Waals surface area contributed by atoms with Gasteiger partial charge >= 0.3 is 5.97 Å². The molecule has 2 N–H and O–H groups in total. The van der Waals surface area contributed by atoms with E-state index in [9.17, 15) is 9.59 Å². The van der Waals surface area contributed by atoms with Crippen LogP contribution in [0.25, 0.3) is 0 Å². The molecule has 1 aromatic heterocycles. The van der Waals surface area contributed by atoms with E-state index in [1.807, 2.05) is 6.92 Å². The van der Waals surface area contributed by atoms with E-state index in [0.717, 1.165) is 4.80 Å². The highest BCUT2D eigenvalue weighted by Gasteiger charge is 2.10. The Morgan fingerprint density at radius 2 is 2.05 bits per heavy atom. The van der Waals surface area contributed by atoms with Crippen LogP contribution in [0.1, 0.15) is 17.3 Å². The summed E-state index contributed by atoms with van der Waals surface area (Å²) in [7, 11) is 0. The molecule has 0 aliphatic carbocycles. The van der Waals surface area contributed by atoms with Gasteiger partial charge in [0.2, 0.25) is 0 Å². The van der Waals surface area contributed by atoms with E-state index >= 15 is 0 Å². The van der Waals surface area contributed by atoms with Gasteiger partial charge in [-0.05, 0) is 31.2 Å². The van der Waals surface area contributed by atoms with Gasteiger partial charge in [-0.15, -0.1) is 5.10 Å². The van der Waals surface area contributed by atoms with Crippen LogP contribution in [0.4, 0.5) is 5.82 Å². The maximum Gasteiger partial charge on any atom is 0.327 e. The SMILES string of the molecule is CCOc1ccc(C(=O)Nc2cnn(CC(=O)O)n2)cc1. The number of anilines is 1. The molecule has 0 unspecified atom stereocenters. The highest BCUT2D eigenvalue weighted by molar-refractivity contribution is 6.03.